The number of nitrogens with zero attached hydrogens (tertiary/aromatic N) is 1. The topological polar surface area (TPSA) is 101 Å². The third-order valence-electron chi connectivity index (χ3n) is 3.83. The molecule has 0 radical (unpaired) electrons. The van der Waals surface area contributed by atoms with Crippen LogP contribution in [0.5, 0.6) is 0 Å². The fraction of sp³-hybridized carbons (Fsp3) is 0.462. The molecule has 1 saturated carbocycles. The number of nitrogens with two attached hydrogens (primary N) is 1. The van der Waals surface area contributed by atoms with Crippen molar-refractivity contribution in [2.45, 2.75) is 42.7 Å². The van der Waals surface area contributed by atoms with Crippen LogP contribution in [0.2, 0.25) is 0 Å². The van der Waals surface area contributed by atoms with E-state index in [0.29, 0.717) is 11.0 Å². The zero-order chi connectivity index (χ0) is 14.2. The molecule has 108 valence electrons. The molecule has 1 aliphatic carbocycles. The maximum absolute atomic E-state index is 12.5. The van der Waals surface area contributed by atoms with Gasteiger partial charge in [-0.2, -0.15) is 0 Å². The highest BCUT2D eigenvalue weighted by Gasteiger charge is 2.28. The molecule has 4 N–H and O–H groups in total. The molecule has 3 rings (SSSR count). The number of H-pyrrole nitrogens is 1. The first-order chi connectivity index (χ1) is 9.58. The molecule has 0 saturated heterocycles. The van der Waals surface area contributed by atoms with Crippen molar-refractivity contribution in [2.75, 3.05) is 0 Å². The Balaban J connectivity index is 1.91. The average Bonchev–Trinajstić information content (AvgIpc) is 2.86. The average molecular weight is 294 g/mol. The highest BCUT2D eigenvalue weighted by molar-refractivity contribution is 7.89. The van der Waals surface area contributed by atoms with Crippen LogP contribution in [0, 0.1) is 0 Å². The number of hydrogen-bond acceptors (Lipinski definition) is 4. The van der Waals surface area contributed by atoms with E-state index in [1.807, 2.05) is 0 Å². The van der Waals surface area contributed by atoms with Gasteiger partial charge in [0.1, 0.15) is 10.5 Å². The van der Waals surface area contributed by atoms with Crippen molar-refractivity contribution in [1.82, 2.24) is 14.7 Å². The molecule has 1 aliphatic rings. The second-order valence-electron chi connectivity index (χ2n) is 5.23. The molecule has 0 spiro atoms. The van der Waals surface area contributed by atoms with Crippen molar-refractivity contribution in [3.63, 3.8) is 0 Å². The molecule has 0 aromatic carbocycles. The lowest BCUT2D eigenvalue weighted by molar-refractivity contribution is 0.361. The van der Waals surface area contributed by atoms with Crippen LogP contribution in [0.25, 0.3) is 11.0 Å². The molecule has 6 nitrogen and oxygen atoms in total. The van der Waals surface area contributed by atoms with Gasteiger partial charge in [0.25, 0.3) is 0 Å². The minimum Gasteiger partial charge on any atom is -0.345 e. The standard InChI is InChI=1S/C13H18N4O2S/c14-10-5-1-2-6-11(10)17-20(18,19)12-8-16-13-9(12)4-3-7-15-13/h3-4,7-8,10-11,17H,1-2,5-6,14H2,(H,15,16)/t10-,11-/m1/s1. The Kier molecular flexibility index (Phi) is 3.49. The van der Waals surface area contributed by atoms with Gasteiger partial charge in [-0.15, -0.1) is 0 Å². The molecule has 0 bridgehead atoms. The third kappa shape index (κ3) is 2.44. The van der Waals surface area contributed by atoms with Gasteiger partial charge in [-0.05, 0) is 25.0 Å². The number of pyridine rings is 1. The zero-order valence-electron chi connectivity index (χ0n) is 11.0. The van der Waals surface area contributed by atoms with Crippen LogP contribution in [0.4, 0.5) is 0 Å². The Labute approximate surface area is 117 Å². The van der Waals surface area contributed by atoms with Crippen molar-refractivity contribution in [1.29, 1.82) is 0 Å². The molecule has 2 aromatic heterocycles. The second kappa shape index (κ2) is 5.16. The van der Waals surface area contributed by atoms with E-state index in [9.17, 15) is 8.42 Å². The molecular formula is C13H18N4O2S. The number of sulfonamides is 1. The molecule has 0 unspecified atom stereocenters. The van der Waals surface area contributed by atoms with E-state index in [2.05, 4.69) is 14.7 Å². The van der Waals surface area contributed by atoms with Crippen molar-refractivity contribution < 1.29 is 8.42 Å². The molecule has 0 aliphatic heterocycles. The Hall–Kier alpha value is -1.44. The zero-order valence-corrected chi connectivity index (χ0v) is 11.9. The lowest BCUT2D eigenvalue weighted by Crippen LogP contribution is -2.49. The van der Waals surface area contributed by atoms with E-state index in [1.165, 1.54) is 6.20 Å². The van der Waals surface area contributed by atoms with Crippen LogP contribution >= 0.6 is 0 Å². The van der Waals surface area contributed by atoms with Gasteiger partial charge in [-0.1, -0.05) is 12.8 Å². The molecule has 2 atom stereocenters. The van der Waals surface area contributed by atoms with Crippen molar-refractivity contribution >= 4 is 21.1 Å². The molecular weight excluding hydrogens is 276 g/mol. The Morgan fingerprint density at radius 1 is 1.35 bits per heavy atom. The van der Waals surface area contributed by atoms with Crippen LogP contribution in [0.1, 0.15) is 25.7 Å². The first kappa shape index (κ1) is 13.5. The quantitative estimate of drug-likeness (QED) is 0.789. The summed E-state index contributed by atoms with van der Waals surface area (Å²) in [6.07, 6.45) is 6.84. The van der Waals surface area contributed by atoms with E-state index < -0.39 is 10.0 Å². The number of fused-ring (bicyclic) bond motifs is 1. The molecule has 1 fully saturated rings. The van der Waals surface area contributed by atoms with Gasteiger partial charge in [0.05, 0.1) is 0 Å². The molecule has 7 heteroatoms. The fourth-order valence-electron chi connectivity index (χ4n) is 2.72. The summed E-state index contributed by atoms with van der Waals surface area (Å²) in [4.78, 5) is 7.22. The SMILES string of the molecule is N[C@@H]1CCCC[C@H]1NS(=O)(=O)c1c[nH]c2ncccc12. The van der Waals surface area contributed by atoms with E-state index in [-0.39, 0.29) is 17.0 Å². The van der Waals surface area contributed by atoms with Crippen LogP contribution in [-0.2, 0) is 10.0 Å². The first-order valence-corrected chi connectivity index (χ1v) is 8.26. The summed E-state index contributed by atoms with van der Waals surface area (Å²) in [5.74, 6) is 0. The van der Waals surface area contributed by atoms with Crippen LogP contribution in [-0.4, -0.2) is 30.5 Å². The summed E-state index contributed by atoms with van der Waals surface area (Å²) in [5.41, 5.74) is 6.58. The van der Waals surface area contributed by atoms with Crippen LogP contribution < -0.4 is 10.5 Å². The van der Waals surface area contributed by atoms with Gasteiger partial charge in [0.2, 0.25) is 10.0 Å². The monoisotopic (exact) mass is 294 g/mol. The summed E-state index contributed by atoms with van der Waals surface area (Å²) in [6, 6.07) is 3.17. The van der Waals surface area contributed by atoms with Crippen LogP contribution in [0.15, 0.2) is 29.4 Å². The highest BCUT2D eigenvalue weighted by Crippen LogP contribution is 2.23. The van der Waals surface area contributed by atoms with Gasteiger partial charge < -0.3 is 10.7 Å². The summed E-state index contributed by atoms with van der Waals surface area (Å²) < 4.78 is 27.8. The van der Waals surface area contributed by atoms with E-state index >= 15 is 0 Å². The Morgan fingerprint density at radius 3 is 2.95 bits per heavy atom. The smallest absolute Gasteiger partial charge is 0.243 e. The predicted molar refractivity (Wildman–Crippen MR) is 76.6 cm³/mol. The number of aromatic amines is 1. The summed E-state index contributed by atoms with van der Waals surface area (Å²) in [6.45, 7) is 0. The van der Waals surface area contributed by atoms with Gasteiger partial charge in [-0.25, -0.2) is 18.1 Å². The minimum atomic E-state index is -3.58. The van der Waals surface area contributed by atoms with Gasteiger partial charge in [0, 0.05) is 29.9 Å². The van der Waals surface area contributed by atoms with E-state index in [4.69, 9.17) is 5.73 Å². The largest absolute Gasteiger partial charge is 0.345 e. The van der Waals surface area contributed by atoms with Gasteiger partial charge in [0.15, 0.2) is 0 Å². The fourth-order valence-corrected chi connectivity index (χ4v) is 4.21. The van der Waals surface area contributed by atoms with E-state index in [0.717, 1.165) is 25.7 Å². The number of nitrogens with one attached hydrogen (secondary N) is 2. The first-order valence-electron chi connectivity index (χ1n) is 6.78. The second-order valence-corrected chi connectivity index (χ2v) is 6.91. The summed E-state index contributed by atoms with van der Waals surface area (Å²) in [7, 11) is -3.58. The third-order valence-corrected chi connectivity index (χ3v) is 5.36. The highest BCUT2D eigenvalue weighted by atomic mass is 32.2. The van der Waals surface area contributed by atoms with Gasteiger partial charge in [-0.3, -0.25) is 0 Å². The maximum atomic E-state index is 12.5. The normalized spacial score (nSPS) is 24.1. The van der Waals surface area contributed by atoms with Crippen LogP contribution in [0.3, 0.4) is 0 Å². The van der Waals surface area contributed by atoms with E-state index in [1.54, 1.807) is 18.3 Å². The van der Waals surface area contributed by atoms with Gasteiger partial charge >= 0.3 is 0 Å². The van der Waals surface area contributed by atoms with Crippen molar-refractivity contribution in [2.24, 2.45) is 5.73 Å². The Morgan fingerprint density at radius 2 is 2.15 bits per heavy atom. The number of rotatable bonds is 3. The minimum absolute atomic E-state index is 0.109. The molecule has 20 heavy (non-hydrogen) atoms. The number of aromatic nitrogens is 2. The van der Waals surface area contributed by atoms with Crippen molar-refractivity contribution in [3.05, 3.63) is 24.5 Å². The molecule has 0 amide bonds. The predicted octanol–water partition coefficient (Wildman–Crippen LogP) is 1.11. The molecule has 2 heterocycles. The maximum Gasteiger partial charge on any atom is 0.243 e. The lowest BCUT2D eigenvalue weighted by atomic mass is 9.92. The summed E-state index contributed by atoms with van der Waals surface area (Å²) >= 11 is 0. The lowest BCUT2D eigenvalue weighted by Gasteiger charge is -2.28. The number of hydrogen-bond donors (Lipinski definition) is 3. The summed E-state index contributed by atoms with van der Waals surface area (Å²) in [5, 5.41) is 0.601. The Bertz CT molecular complexity index is 710. The molecule has 2 aromatic rings. The van der Waals surface area contributed by atoms with Crippen molar-refractivity contribution in [3.8, 4) is 0 Å².